The quantitative estimate of drug-likeness (QED) is 0.213. The fourth-order valence-corrected chi connectivity index (χ4v) is 3.14. The van der Waals surface area contributed by atoms with Crippen LogP contribution in [0.15, 0.2) is 53.7 Å². The van der Waals surface area contributed by atoms with Gasteiger partial charge in [0.15, 0.2) is 18.2 Å². The van der Waals surface area contributed by atoms with Crippen molar-refractivity contribution in [2.75, 3.05) is 19.0 Å². The highest BCUT2D eigenvalue weighted by atomic mass is 16.6. The van der Waals surface area contributed by atoms with Crippen LogP contribution in [0.25, 0.3) is 0 Å². The molecule has 0 aliphatic rings. The number of nitrogens with zero attached hydrogens (tertiary/aromatic N) is 3. The number of carbonyl (C=O) groups is 1. The maximum Gasteiger partial charge on any atom is 0.257 e. The topological polar surface area (TPSA) is 126 Å². The highest BCUT2D eigenvalue weighted by molar-refractivity contribution is 6.46. The summed E-state index contributed by atoms with van der Waals surface area (Å²) in [5.41, 5.74) is 0.691. The first-order valence-corrected chi connectivity index (χ1v) is 10.6. The molecule has 1 aromatic heterocycles. The monoisotopic (exact) mass is 440 g/mol. The predicted octanol–water partition coefficient (Wildman–Crippen LogP) is 3.32. The Bertz CT molecular complexity index is 926. The Hall–Kier alpha value is -3.30. The molecule has 2 aromatic rings. The number of amidine groups is 1. The van der Waals surface area contributed by atoms with Gasteiger partial charge >= 0.3 is 0 Å². The second kappa shape index (κ2) is 11.9. The number of amides is 1. The minimum absolute atomic E-state index is 0.0107. The molecule has 4 N–H and O–H groups in total. The lowest BCUT2D eigenvalue weighted by Crippen LogP contribution is -2.44. The van der Waals surface area contributed by atoms with Gasteiger partial charge in [-0.2, -0.15) is 0 Å². The molecule has 0 atom stereocenters. The van der Waals surface area contributed by atoms with Crippen molar-refractivity contribution in [2.24, 2.45) is 11.0 Å². The summed E-state index contributed by atoms with van der Waals surface area (Å²) in [7, 11) is 1.56. The number of nitrogens with two attached hydrogens (primary N) is 1. The minimum Gasteiger partial charge on any atom is -0.389 e. The number of anilines is 1. The number of pyridine rings is 1. The number of carbonyl (C=O) groups excluding carboxylic acids is 1. The summed E-state index contributed by atoms with van der Waals surface area (Å²) in [6, 6.07) is 14.5. The number of likely N-dealkylation sites (N-methyl/N-ethyl adjacent to an activating group) is 1. The van der Waals surface area contributed by atoms with E-state index in [1.807, 2.05) is 51.1 Å². The molecule has 0 aliphatic carbocycles. The molecule has 0 unspecified atom stereocenters. The van der Waals surface area contributed by atoms with Gasteiger partial charge in [-0.15, -0.1) is 0 Å². The molecule has 32 heavy (non-hydrogen) atoms. The van der Waals surface area contributed by atoms with Crippen molar-refractivity contribution in [1.82, 2.24) is 9.99 Å². The molecular formula is C23H32N6O3. The Morgan fingerprint density at radius 3 is 2.44 bits per heavy atom. The molecule has 1 heterocycles. The Kier molecular flexibility index (Phi) is 9.30. The van der Waals surface area contributed by atoms with Crippen LogP contribution in [0.1, 0.15) is 44.9 Å². The first-order chi connectivity index (χ1) is 15.4. The molecule has 0 spiro atoms. The Morgan fingerprint density at radius 1 is 1.16 bits per heavy atom. The van der Waals surface area contributed by atoms with Crippen LogP contribution in [0.3, 0.4) is 0 Å². The maximum absolute atomic E-state index is 12.8. The lowest BCUT2D eigenvalue weighted by Gasteiger charge is -2.29. The Morgan fingerprint density at radius 2 is 1.84 bits per heavy atom. The third-order valence-electron chi connectivity index (χ3n) is 5.02. The fraction of sp³-hybridized carbons (Fsp3) is 0.391. The molecule has 9 nitrogen and oxygen atoms in total. The number of ether oxygens (including phenoxy) is 1. The van der Waals surface area contributed by atoms with E-state index in [4.69, 9.17) is 20.8 Å². The third-order valence-corrected chi connectivity index (χ3v) is 5.02. The summed E-state index contributed by atoms with van der Waals surface area (Å²) in [4.78, 5) is 22.7. The van der Waals surface area contributed by atoms with Crippen molar-refractivity contribution in [2.45, 2.75) is 45.8 Å². The molecule has 0 fully saturated rings. The van der Waals surface area contributed by atoms with Crippen molar-refractivity contribution in [3.8, 4) is 0 Å². The average molecular weight is 441 g/mol. The van der Waals surface area contributed by atoms with Gasteiger partial charge in [-0.25, -0.2) is 10.8 Å². The highest BCUT2D eigenvalue weighted by Gasteiger charge is 2.35. The summed E-state index contributed by atoms with van der Waals surface area (Å²) in [5, 5.41) is 16.3. The van der Waals surface area contributed by atoms with Crippen LogP contribution in [0.4, 0.5) is 5.82 Å². The molecule has 1 amide bonds. The van der Waals surface area contributed by atoms with E-state index in [-0.39, 0.29) is 18.3 Å². The van der Waals surface area contributed by atoms with Gasteiger partial charge in [0, 0.05) is 19.2 Å². The first-order valence-electron chi connectivity index (χ1n) is 10.6. The second-order valence-corrected chi connectivity index (χ2v) is 7.14. The van der Waals surface area contributed by atoms with Gasteiger partial charge in [-0.3, -0.25) is 15.2 Å². The predicted molar refractivity (Wildman–Crippen MR) is 125 cm³/mol. The van der Waals surface area contributed by atoms with Crippen LogP contribution in [0, 0.1) is 5.41 Å². The van der Waals surface area contributed by atoms with Gasteiger partial charge in [-0.1, -0.05) is 55.4 Å². The Labute approximate surface area is 189 Å². The number of hydrogen-bond acceptors (Lipinski definition) is 7. The maximum atomic E-state index is 12.8. The number of hydrogen-bond donors (Lipinski definition) is 3. The van der Waals surface area contributed by atoms with E-state index < -0.39 is 5.60 Å². The molecule has 0 aliphatic heterocycles. The lowest BCUT2D eigenvalue weighted by molar-refractivity contribution is -0.142. The van der Waals surface area contributed by atoms with Crippen molar-refractivity contribution >= 4 is 23.3 Å². The summed E-state index contributed by atoms with van der Waals surface area (Å²) in [6.07, 6.45) is 1.12. The largest absolute Gasteiger partial charge is 0.389 e. The van der Waals surface area contributed by atoms with Crippen molar-refractivity contribution in [1.29, 1.82) is 5.41 Å². The van der Waals surface area contributed by atoms with Gasteiger partial charge in [0.1, 0.15) is 11.4 Å². The first kappa shape index (κ1) is 25.0. The van der Waals surface area contributed by atoms with E-state index in [1.165, 1.54) is 0 Å². The summed E-state index contributed by atoms with van der Waals surface area (Å²) >= 11 is 0. The average Bonchev–Trinajstić information content (AvgIpc) is 2.80. The van der Waals surface area contributed by atoms with Gasteiger partial charge in [0.05, 0.1) is 5.69 Å². The SMILES string of the molecule is CCOC(CC)(CC)C(=O)Nc1cccc(CO/N=C(\C(=N)N(C)N)c2ccccc2)n1. The highest BCUT2D eigenvalue weighted by Crippen LogP contribution is 2.22. The van der Waals surface area contributed by atoms with E-state index in [1.54, 1.807) is 25.2 Å². The van der Waals surface area contributed by atoms with Crippen LogP contribution >= 0.6 is 0 Å². The lowest BCUT2D eigenvalue weighted by atomic mass is 9.96. The van der Waals surface area contributed by atoms with Crippen LogP contribution in [-0.4, -0.2) is 46.7 Å². The van der Waals surface area contributed by atoms with Crippen molar-refractivity contribution < 1.29 is 14.4 Å². The van der Waals surface area contributed by atoms with Crippen molar-refractivity contribution in [3.05, 3.63) is 59.8 Å². The third kappa shape index (κ3) is 6.35. The molecular weight excluding hydrogens is 408 g/mol. The number of aromatic nitrogens is 1. The van der Waals surface area contributed by atoms with E-state index in [9.17, 15) is 4.79 Å². The van der Waals surface area contributed by atoms with E-state index in [0.29, 0.717) is 42.2 Å². The van der Waals surface area contributed by atoms with Crippen LogP contribution in [-0.2, 0) is 21.0 Å². The molecule has 2 rings (SSSR count). The van der Waals surface area contributed by atoms with E-state index in [2.05, 4.69) is 15.5 Å². The Balaban J connectivity index is 2.13. The van der Waals surface area contributed by atoms with E-state index in [0.717, 1.165) is 5.01 Å². The number of nitrogens with one attached hydrogen (secondary N) is 2. The second-order valence-electron chi connectivity index (χ2n) is 7.14. The van der Waals surface area contributed by atoms with E-state index >= 15 is 0 Å². The normalized spacial score (nSPS) is 11.7. The fourth-order valence-electron chi connectivity index (χ4n) is 3.14. The zero-order valence-electron chi connectivity index (χ0n) is 19.1. The number of rotatable bonds is 11. The minimum atomic E-state index is -0.883. The summed E-state index contributed by atoms with van der Waals surface area (Å²) in [5.74, 6) is 5.91. The number of hydrazine groups is 1. The molecule has 172 valence electrons. The van der Waals surface area contributed by atoms with Gasteiger partial charge in [0.25, 0.3) is 5.91 Å². The number of oxime groups is 1. The van der Waals surface area contributed by atoms with Crippen LogP contribution in [0.2, 0.25) is 0 Å². The number of benzene rings is 1. The van der Waals surface area contributed by atoms with Gasteiger partial charge in [0.2, 0.25) is 0 Å². The molecule has 1 aromatic carbocycles. The van der Waals surface area contributed by atoms with Crippen LogP contribution < -0.4 is 11.2 Å². The molecule has 9 heteroatoms. The molecule has 0 saturated carbocycles. The molecule has 0 radical (unpaired) electrons. The van der Waals surface area contributed by atoms with Gasteiger partial charge < -0.3 is 14.9 Å². The van der Waals surface area contributed by atoms with Crippen LogP contribution in [0.5, 0.6) is 0 Å². The smallest absolute Gasteiger partial charge is 0.257 e. The zero-order valence-corrected chi connectivity index (χ0v) is 19.1. The summed E-state index contributed by atoms with van der Waals surface area (Å²) in [6.45, 7) is 6.23. The summed E-state index contributed by atoms with van der Waals surface area (Å²) < 4.78 is 5.75. The van der Waals surface area contributed by atoms with Crippen molar-refractivity contribution in [3.63, 3.8) is 0 Å². The molecule has 0 saturated heterocycles. The van der Waals surface area contributed by atoms with Gasteiger partial charge in [-0.05, 0) is 31.9 Å². The molecule has 0 bridgehead atoms. The standard InChI is InChI=1S/C23H32N6O3/c1-5-23(6-2,31-7-3)22(30)27-19-15-11-14-18(26-19)16-32-28-20(21(24)29(4)25)17-12-9-8-10-13-17/h8-15,24H,5-7,16,25H2,1-4H3,(H,26,27,30)/b24-21?,28-20-. The zero-order chi connectivity index (χ0) is 23.6.